The van der Waals surface area contributed by atoms with Gasteiger partial charge in [-0.3, -0.25) is 4.79 Å². The van der Waals surface area contributed by atoms with Crippen LogP contribution in [-0.4, -0.2) is 12.2 Å². The van der Waals surface area contributed by atoms with Crippen molar-refractivity contribution < 1.29 is 9.53 Å². The molecule has 0 atom stereocenters. The highest BCUT2D eigenvalue weighted by Crippen LogP contribution is 2.45. The molecule has 2 aromatic carbocycles. The number of rotatable bonds is 3. The van der Waals surface area contributed by atoms with Gasteiger partial charge in [0.05, 0.1) is 6.42 Å². The first kappa shape index (κ1) is 15.5. The summed E-state index contributed by atoms with van der Waals surface area (Å²) in [5.74, 6) is -0.137. The monoisotopic (exact) mass is 352 g/mol. The number of ether oxygens (including phenoxy) is 1. The SMILES string of the molecule is CSc1ccc(-c2c(-c3ccccc3)sc3c2CC(=O)OC3)cc1. The molecule has 0 amide bonds. The number of cyclic esters (lactones) is 1. The number of thioether (sulfide) groups is 1. The molecule has 0 saturated heterocycles. The summed E-state index contributed by atoms with van der Waals surface area (Å²) in [6.07, 6.45) is 2.44. The van der Waals surface area contributed by atoms with E-state index < -0.39 is 0 Å². The van der Waals surface area contributed by atoms with Crippen molar-refractivity contribution in [1.29, 1.82) is 0 Å². The Morgan fingerprint density at radius 3 is 2.46 bits per heavy atom. The van der Waals surface area contributed by atoms with E-state index in [4.69, 9.17) is 4.74 Å². The summed E-state index contributed by atoms with van der Waals surface area (Å²) in [4.78, 5) is 15.5. The number of carbonyl (C=O) groups excluding carboxylic acids is 1. The molecular formula is C20H16O2S2. The average Bonchev–Trinajstić information content (AvgIpc) is 3.01. The van der Waals surface area contributed by atoms with Crippen LogP contribution in [0, 0.1) is 0 Å². The third-order valence-corrected chi connectivity index (χ3v) is 6.19. The van der Waals surface area contributed by atoms with Crippen LogP contribution in [-0.2, 0) is 22.6 Å². The van der Waals surface area contributed by atoms with Crippen LogP contribution in [0.25, 0.3) is 21.6 Å². The largest absolute Gasteiger partial charge is 0.460 e. The van der Waals surface area contributed by atoms with E-state index in [9.17, 15) is 4.79 Å². The Labute approximate surface area is 149 Å². The lowest BCUT2D eigenvalue weighted by atomic mass is 9.95. The van der Waals surface area contributed by atoms with Gasteiger partial charge in [0, 0.05) is 20.2 Å². The molecule has 4 rings (SSSR count). The summed E-state index contributed by atoms with van der Waals surface area (Å²) in [5, 5.41) is 0. The number of carbonyl (C=O) groups is 1. The molecule has 0 fully saturated rings. The highest BCUT2D eigenvalue weighted by molar-refractivity contribution is 7.98. The van der Waals surface area contributed by atoms with Gasteiger partial charge >= 0.3 is 5.97 Å². The molecule has 0 unspecified atom stereocenters. The van der Waals surface area contributed by atoms with Crippen LogP contribution in [0.4, 0.5) is 0 Å². The summed E-state index contributed by atoms with van der Waals surface area (Å²) in [6, 6.07) is 19.0. The second-order valence-corrected chi connectivity index (χ2v) is 7.62. The van der Waals surface area contributed by atoms with Crippen LogP contribution < -0.4 is 0 Å². The first-order valence-corrected chi connectivity index (χ1v) is 9.80. The zero-order chi connectivity index (χ0) is 16.5. The van der Waals surface area contributed by atoms with Gasteiger partial charge in [-0.1, -0.05) is 42.5 Å². The maximum absolute atomic E-state index is 11.8. The predicted octanol–water partition coefficient (Wildman–Crippen LogP) is 5.40. The zero-order valence-corrected chi connectivity index (χ0v) is 14.9. The van der Waals surface area contributed by atoms with Crippen molar-refractivity contribution in [2.45, 2.75) is 17.9 Å². The lowest BCUT2D eigenvalue weighted by Crippen LogP contribution is -2.14. The van der Waals surface area contributed by atoms with E-state index in [1.165, 1.54) is 26.5 Å². The van der Waals surface area contributed by atoms with E-state index in [-0.39, 0.29) is 5.97 Å². The summed E-state index contributed by atoms with van der Waals surface area (Å²) >= 11 is 3.47. The third-order valence-electron chi connectivity index (χ3n) is 4.19. The summed E-state index contributed by atoms with van der Waals surface area (Å²) in [7, 11) is 0. The number of thiophene rings is 1. The summed E-state index contributed by atoms with van der Waals surface area (Å²) < 4.78 is 5.25. The molecule has 3 aromatic rings. The second-order valence-electron chi connectivity index (χ2n) is 5.64. The molecule has 0 saturated carbocycles. The molecule has 0 N–H and O–H groups in total. The lowest BCUT2D eigenvalue weighted by Gasteiger charge is -2.14. The maximum Gasteiger partial charge on any atom is 0.310 e. The quantitative estimate of drug-likeness (QED) is 0.466. The van der Waals surface area contributed by atoms with Crippen molar-refractivity contribution in [2.75, 3.05) is 6.26 Å². The van der Waals surface area contributed by atoms with Gasteiger partial charge in [0.25, 0.3) is 0 Å². The van der Waals surface area contributed by atoms with Gasteiger partial charge in [-0.2, -0.15) is 0 Å². The fourth-order valence-corrected chi connectivity index (χ4v) is 4.68. The standard InChI is InChI=1S/C20H16O2S2/c1-23-15-9-7-13(8-10-15)19-16-11-18(21)22-12-17(16)24-20(19)14-5-3-2-4-6-14/h2-10H,11-12H2,1H3. The minimum absolute atomic E-state index is 0.137. The van der Waals surface area contributed by atoms with Crippen LogP contribution in [0.1, 0.15) is 10.4 Å². The molecule has 24 heavy (non-hydrogen) atoms. The molecule has 1 aliphatic heterocycles. The van der Waals surface area contributed by atoms with Gasteiger partial charge < -0.3 is 4.74 Å². The third kappa shape index (κ3) is 2.76. The van der Waals surface area contributed by atoms with Crippen LogP contribution >= 0.6 is 23.1 Å². The van der Waals surface area contributed by atoms with Crippen LogP contribution in [0.3, 0.4) is 0 Å². The van der Waals surface area contributed by atoms with Gasteiger partial charge in [0.15, 0.2) is 0 Å². The molecule has 0 radical (unpaired) electrons. The second kappa shape index (κ2) is 6.46. The van der Waals surface area contributed by atoms with Crippen molar-refractivity contribution in [3.8, 4) is 21.6 Å². The Kier molecular flexibility index (Phi) is 4.17. The van der Waals surface area contributed by atoms with Crippen molar-refractivity contribution >= 4 is 29.1 Å². The first-order valence-electron chi connectivity index (χ1n) is 7.76. The smallest absolute Gasteiger partial charge is 0.310 e. The fraction of sp³-hybridized carbons (Fsp3) is 0.150. The minimum Gasteiger partial charge on any atom is -0.460 e. The average molecular weight is 352 g/mol. The topological polar surface area (TPSA) is 26.3 Å². The first-order chi connectivity index (χ1) is 11.8. The number of hydrogen-bond donors (Lipinski definition) is 0. The Hall–Kier alpha value is -2.04. The number of hydrogen-bond acceptors (Lipinski definition) is 4. The Morgan fingerprint density at radius 2 is 1.75 bits per heavy atom. The molecule has 2 nitrogen and oxygen atoms in total. The molecular weight excluding hydrogens is 336 g/mol. The minimum atomic E-state index is -0.137. The molecule has 2 heterocycles. The van der Waals surface area contributed by atoms with E-state index in [2.05, 4.69) is 54.8 Å². The molecule has 0 spiro atoms. The molecule has 1 aliphatic rings. The molecule has 120 valence electrons. The van der Waals surface area contributed by atoms with Crippen molar-refractivity contribution in [3.63, 3.8) is 0 Å². The van der Waals surface area contributed by atoms with Gasteiger partial charge in [0.1, 0.15) is 6.61 Å². The normalized spacial score (nSPS) is 13.5. The van der Waals surface area contributed by atoms with Crippen LogP contribution in [0.2, 0.25) is 0 Å². The predicted molar refractivity (Wildman–Crippen MR) is 100 cm³/mol. The van der Waals surface area contributed by atoms with Gasteiger partial charge in [-0.25, -0.2) is 0 Å². The van der Waals surface area contributed by atoms with Gasteiger partial charge in [-0.05, 0) is 35.1 Å². The van der Waals surface area contributed by atoms with E-state index >= 15 is 0 Å². The molecule has 0 bridgehead atoms. The zero-order valence-electron chi connectivity index (χ0n) is 13.2. The van der Waals surface area contributed by atoms with E-state index in [1.54, 1.807) is 23.1 Å². The van der Waals surface area contributed by atoms with Crippen molar-refractivity contribution in [3.05, 3.63) is 65.0 Å². The van der Waals surface area contributed by atoms with Crippen LogP contribution in [0.15, 0.2) is 59.5 Å². The number of benzene rings is 2. The Bertz CT molecular complexity index is 880. The lowest BCUT2D eigenvalue weighted by molar-refractivity contribution is -0.145. The van der Waals surface area contributed by atoms with E-state index in [0.717, 1.165) is 10.4 Å². The molecule has 1 aromatic heterocycles. The number of fused-ring (bicyclic) bond motifs is 1. The van der Waals surface area contributed by atoms with Crippen LogP contribution in [0.5, 0.6) is 0 Å². The highest BCUT2D eigenvalue weighted by Gasteiger charge is 2.26. The van der Waals surface area contributed by atoms with Crippen molar-refractivity contribution in [1.82, 2.24) is 0 Å². The number of esters is 1. The van der Waals surface area contributed by atoms with E-state index in [0.29, 0.717) is 13.0 Å². The van der Waals surface area contributed by atoms with Crippen molar-refractivity contribution in [2.24, 2.45) is 0 Å². The summed E-state index contributed by atoms with van der Waals surface area (Å²) in [6.45, 7) is 0.390. The van der Waals surface area contributed by atoms with Gasteiger partial charge in [-0.15, -0.1) is 23.1 Å². The molecule has 4 heteroatoms. The fourth-order valence-electron chi connectivity index (χ4n) is 3.01. The Balaban J connectivity index is 1.92. The molecule has 0 aliphatic carbocycles. The maximum atomic E-state index is 11.8. The Morgan fingerprint density at radius 1 is 1.00 bits per heavy atom. The highest BCUT2D eigenvalue weighted by atomic mass is 32.2. The van der Waals surface area contributed by atoms with Gasteiger partial charge in [0.2, 0.25) is 0 Å². The summed E-state index contributed by atoms with van der Waals surface area (Å²) in [5.41, 5.74) is 4.67. The van der Waals surface area contributed by atoms with E-state index in [1.807, 2.05) is 6.07 Å².